The summed E-state index contributed by atoms with van der Waals surface area (Å²) in [6, 6.07) is 9.58. The number of nitrogens with one attached hydrogen (secondary N) is 1. The molecule has 8 heteroatoms. The number of carbonyl (C=O) groups excluding carboxylic acids is 2. The topological polar surface area (TPSA) is 75.4 Å². The summed E-state index contributed by atoms with van der Waals surface area (Å²) in [6.45, 7) is 1.66. The molecule has 2 aromatic rings. The molecule has 5 nitrogen and oxygen atoms in total. The predicted molar refractivity (Wildman–Crippen MR) is 110 cm³/mol. The van der Waals surface area contributed by atoms with Crippen LogP contribution in [0.5, 0.6) is 0 Å². The first-order valence-electron chi connectivity index (χ1n) is 9.59. The average Bonchev–Trinajstić information content (AvgIpc) is 2.72. The highest BCUT2D eigenvalue weighted by Gasteiger charge is 2.30. The van der Waals surface area contributed by atoms with Gasteiger partial charge in [0.1, 0.15) is 0 Å². The van der Waals surface area contributed by atoms with Gasteiger partial charge in [0.2, 0.25) is 11.8 Å². The van der Waals surface area contributed by atoms with E-state index in [2.05, 4.69) is 10.2 Å². The molecular formula is C22H22F3N3O2. The minimum Gasteiger partial charge on any atom is -0.370 e. The SMILES string of the molecule is NC(=O)c1ccc(N2CCCCC2)c(NC(=O)/C=C/c2cccc(C(F)(F)F)c2)c1. The fraction of sp³-hybridized carbons (Fsp3) is 0.273. The molecule has 0 bridgehead atoms. The molecule has 0 aliphatic carbocycles. The summed E-state index contributed by atoms with van der Waals surface area (Å²) in [4.78, 5) is 26.1. The summed E-state index contributed by atoms with van der Waals surface area (Å²) in [5.41, 5.74) is 6.29. The van der Waals surface area contributed by atoms with Crippen LogP contribution in [0.1, 0.15) is 40.7 Å². The minimum atomic E-state index is -4.45. The number of primary amides is 1. The van der Waals surface area contributed by atoms with Gasteiger partial charge in [0, 0.05) is 24.7 Å². The summed E-state index contributed by atoms with van der Waals surface area (Å²) in [6.07, 6.45) is 1.21. The predicted octanol–water partition coefficient (Wildman–Crippen LogP) is 4.45. The van der Waals surface area contributed by atoms with Crippen LogP contribution < -0.4 is 16.0 Å². The van der Waals surface area contributed by atoms with Crippen molar-refractivity contribution in [1.29, 1.82) is 0 Å². The van der Waals surface area contributed by atoms with E-state index in [1.165, 1.54) is 24.3 Å². The van der Waals surface area contributed by atoms with Crippen molar-refractivity contribution in [1.82, 2.24) is 0 Å². The summed E-state index contributed by atoms with van der Waals surface area (Å²) in [7, 11) is 0. The standard InChI is InChI=1S/C22H22F3N3O2/c23-22(24,25)17-6-4-5-15(13-17)7-10-20(29)27-18-14-16(21(26)30)8-9-19(18)28-11-2-1-3-12-28/h4-10,13-14H,1-3,11-12H2,(H2,26,30)(H,27,29)/b10-7+. The minimum absolute atomic E-state index is 0.252. The average molecular weight is 417 g/mol. The maximum absolute atomic E-state index is 12.8. The van der Waals surface area contributed by atoms with E-state index in [1.54, 1.807) is 12.1 Å². The Morgan fingerprint density at radius 2 is 1.77 bits per heavy atom. The van der Waals surface area contributed by atoms with Gasteiger partial charge in [-0.15, -0.1) is 0 Å². The van der Waals surface area contributed by atoms with Crippen molar-refractivity contribution in [2.24, 2.45) is 5.73 Å². The van der Waals surface area contributed by atoms with E-state index in [0.29, 0.717) is 5.69 Å². The second kappa shape index (κ2) is 9.02. The second-order valence-electron chi connectivity index (χ2n) is 7.09. The first-order valence-corrected chi connectivity index (χ1v) is 9.59. The van der Waals surface area contributed by atoms with Gasteiger partial charge in [-0.2, -0.15) is 13.2 Å². The highest BCUT2D eigenvalue weighted by atomic mass is 19.4. The number of alkyl halides is 3. The van der Waals surface area contributed by atoms with E-state index < -0.39 is 23.6 Å². The van der Waals surface area contributed by atoms with Crippen LogP contribution in [0.3, 0.4) is 0 Å². The number of carbonyl (C=O) groups is 2. The van der Waals surface area contributed by atoms with Gasteiger partial charge in [0.05, 0.1) is 16.9 Å². The lowest BCUT2D eigenvalue weighted by atomic mass is 10.1. The molecule has 158 valence electrons. The molecule has 0 unspecified atom stereocenters. The fourth-order valence-corrected chi connectivity index (χ4v) is 3.36. The maximum Gasteiger partial charge on any atom is 0.416 e. The molecule has 30 heavy (non-hydrogen) atoms. The van der Waals surface area contributed by atoms with Crippen molar-refractivity contribution < 1.29 is 22.8 Å². The van der Waals surface area contributed by atoms with Gasteiger partial charge < -0.3 is 16.0 Å². The second-order valence-corrected chi connectivity index (χ2v) is 7.09. The van der Waals surface area contributed by atoms with E-state index in [1.807, 2.05) is 0 Å². The Balaban J connectivity index is 1.80. The van der Waals surface area contributed by atoms with Gasteiger partial charge in [-0.3, -0.25) is 9.59 Å². The van der Waals surface area contributed by atoms with Gasteiger partial charge in [0.15, 0.2) is 0 Å². The summed E-state index contributed by atoms with van der Waals surface area (Å²) >= 11 is 0. The summed E-state index contributed by atoms with van der Waals surface area (Å²) in [5, 5.41) is 2.72. The van der Waals surface area contributed by atoms with E-state index >= 15 is 0 Å². The van der Waals surface area contributed by atoms with Crippen molar-refractivity contribution in [2.45, 2.75) is 25.4 Å². The molecule has 2 amide bonds. The molecule has 1 saturated heterocycles. The number of nitrogens with zero attached hydrogens (tertiary/aromatic N) is 1. The van der Waals surface area contributed by atoms with Crippen LogP contribution in [0.15, 0.2) is 48.5 Å². The van der Waals surface area contributed by atoms with Crippen LogP contribution >= 0.6 is 0 Å². The smallest absolute Gasteiger partial charge is 0.370 e. The van der Waals surface area contributed by atoms with Crippen LogP contribution in [0.25, 0.3) is 6.08 Å². The highest BCUT2D eigenvalue weighted by molar-refractivity contribution is 6.05. The summed E-state index contributed by atoms with van der Waals surface area (Å²) < 4.78 is 38.5. The van der Waals surface area contributed by atoms with Gasteiger partial charge >= 0.3 is 6.18 Å². The Labute approximate surface area is 172 Å². The maximum atomic E-state index is 12.8. The van der Waals surface area contributed by atoms with Crippen molar-refractivity contribution >= 4 is 29.3 Å². The molecule has 1 fully saturated rings. The Bertz CT molecular complexity index is 964. The number of hydrogen-bond donors (Lipinski definition) is 2. The number of rotatable bonds is 5. The number of benzene rings is 2. The number of halogens is 3. The Kier molecular flexibility index (Phi) is 6.44. The van der Waals surface area contributed by atoms with Crippen molar-refractivity contribution in [3.8, 4) is 0 Å². The molecule has 0 spiro atoms. The molecule has 1 heterocycles. The van der Waals surface area contributed by atoms with E-state index in [-0.39, 0.29) is 11.1 Å². The number of amides is 2. The zero-order valence-electron chi connectivity index (χ0n) is 16.2. The van der Waals surface area contributed by atoms with Crippen LogP contribution in [-0.4, -0.2) is 24.9 Å². The van der Waals surface area contributed by atoms with Crippen molar-refractivity contribution in [3.05, 3.63) is 65.2 Å². The van der Waals surface area contributed by atoms with Gasteiger partial charge in [-0.25, -0.2) is 0 Å². The van der Waals surface area contributed by atoms with E-state index in [4.69, 9.17) is 5.73 Å². The lowest BCUT2D eigenvalue weighted by molar-refractivity contribution is -0.137. The molecule has 1 aliphatic rings. The molecule has 0 atom stereocenters. The third-order valence-corrected chi connectivity index (χ3v) is 4.88. The van der Waals surface area contributed by atoms with Crippen LogP contribution in [0.4, 0.5) is 24.5 Å². The quantitative estimate of drug-likeness (QED) is 0.706. The molecule has 2 aromatic carbocycles. The Morgan fingerprint density at radius 3 is 2.43 bits per heavy atom. The van der Waals surface area contributed by atoms with Gasteiger partial charge in [0.25, 0.3) is 0 Å². The molecular weight excluding hydrogens is 395 g/mol. The third-order valence-electron chi connectivity index (χ3n) is 4.88. The first kappa shape index (κ1) is 21.4. The monoisotopic (exact) mass is 417 g/mol. The Morgan fingerprint density at radius 1 is 1.03 bits per heavy atom. The van der Waals surface area contributed by atoms with E-state index in [0.717, 1.165) is 56.2 Å². The van der Waals surface area contributed by atoms with Crippen molar-refractivity contribution in [3.63, 3.8) is 0 Å². The van der Waals surface area contributed by atoms with Gasteiger partial charge in [-0.1, -0.05) is 12.1 Å². The van der Waals surface area contributed by atoms with Gasteiger partial charge in [-0.05, 0) is 61.2 Å². The molecule has 1 aliphatic heterocycles. The van der Waals surface area contributed by atoms with Crippen LogP contribution in [0, 0.1) is 0 Å². The van der Waals surface area contributed by atoms with E-state index in [9.17, 15) is 22.8 Å². The molecule has 0 radical (unpaired) electrons. The number of nitrogens with two attached hydrogens (primary N) is 1. The number of piperidine rings is 1. The normalized spacial score (nSPS) is 14.7. The van der Waals surface area contributed by atoms with Crippen LogP contribution in [-0.2, 0) is 11.0 Å². The largest absolute Gasteiger partial charge is 0.416 e. The number of hydrogen-bond acceptors (Lipinski definition) is 3. The molecule has 3 N–H and O–H groups in total. The van der Waals surface area contributed by atoms with Crippen molar-refractivity contribution in [2.75, 3.05) is 23.3 Å². The summed E-state index contributed by atoms with van der Waals surface area (Å²) in [5.74, 6) is -1.14. The van der Waals surface area contributed by atoms with Crippen LogP contribution in [0.2, 0.25) is 0 Å². The lowest BCUT2D eigenvalue weighted by Gasteiger charge is -2.30. The first-order chi connectivity index (χ1) is 14.2. The lowest BCUT2D eigenvalue weighted by Crippen LogP contribution is -2.30. The zero-order chi connectivity index (χ0) is 21.7. The third kappa shape index (κ3) is 5.40. The molecule has 3 rings (SSSR count). The Hall–Kier alpha value is -3.29. The number of anilines is 2. The molecule has 0 aromatic heterocycles. The fourth-order valence-electron chi connectivity index (χ4n) is 3.36. The highest BCUT2D eigenvalue weighted by Crippen LogP contribution is 2.31. The molecule has 0 saturated carbocycles. The zero-order valence-corrected chi connectivity index (χ0v) is 16.2.